The van der Waals surface area contributed by atoms with Gasteiger partial charge in [0.1, 0.15) is 5.82 Å². The molecule has 3 atom stereocenters. The van der Waals surface area contributed by atoms with Crippen LogP contribution in [0.25, 0.3) is 0 Å². The van der Waals surface area contributed by atoms with Gasteiger partial charge in [-0.25, -0.2) is 4.39 Å². The molecule has 3 unspecified atom stereocenters. The molecule has 5 heteroatoms. The van der Waals surface area contributed by atoms with Crippen LogP contribution in [0.5, 0.6) is 0 Å². The van der Waals surface area contributed by atoms with Crippen molar-refractivity contribution >= 4 is 11.7 Å². The summed E-state index contributed by atoms with van der Waals surface area (Å²) in [6, 6.07) is 5.68. The molecule has 1 amide bonds. The molecule has 4 nitrogen and oxygen atoms in total. The molecule has 0 spiro atoms. The molecule has 0 aliphatic carbocycles. The highest BCUT2D eigenvalue weighted by Gasteiger charge is 2.28. The highest BCUT2D eigenvalue weighted by Crippen LogP contribution is 2.21. The number of benzene rings is 1. The molecule has 1 aromatic rings. The van der Waals surface area contributed by atoms with E-state index >= 15 is 0 Å². The Balaban J connectivity index is 1.95. The largest absolute Gasteiger partial charge is 0.342 e. The Morgan fingerprint density at radius 3 is 2.78 bits per heavy atom. The molecule has 0 saturated carbocycles. The third-order valence-electron chi connectivity index (χ3n) is 4.59. The lowest BCUT2D eigenvalue weighted by Gasteiger charge is -2.35. The van der Waals surface area contributed by atoms with Gasteiger partial charge in [-0.2, -0.15) is 0 Å². The zero-order valence-electron chi connectivity index (χ0n) is 13.8. The minimum absolute atomic E-state index is 0.0207. The molecule has 0 aromatic heterocycles. The monoisotopic (exact) mass is 320 g/mol. The number of carbonyl (C=O) groups excluding carboxylic acids is 2. The summed E-state index contributed by atoms with van der Waals surface area (Å²) in [4.78, 5) is 26.6. The summed E-state index contributed by atoms with van der Waals surface area (Å²) >= 11 is 0. The molecule has 1 heterocycles. The van der Waals surface area contributed by atoms with E-state index in [4.69, 9.17) is 5.73 Å². The highest BCUT2D eigenvalue weighted by molar-refractivity contribution is 5.99. The van der Waals surface area contributed by atoms with Crippen LogP contribution in [0.15, 0.2) is 24.3 Å². The van der Waals surface area contributed by atoms with Crippen LogP contribution in [0, 0.1) is 17.7 Å². The van der Waals surface area contributed by atoms with Crippen molar-refractivity contribution in [3.05, 3.63) is 35.6 Å². The van der Waals surface area contributed by atoms with E-state index in [0.29, 0.717) is 18.0 Å². The second-order valence-corrected chi connectivity index (χ2v) is 6.58. The van der Waals surface area contributed by atoms with Crippen molar-refractivity contribution in [3.63, 3.8) is 0 Å². The number of ketones is 1. The Morgan fingerprint density at radius 1 is 1.39 bits per heavy atom. The van der Waals surface area contributed by atoms with E-state index in [-0.39, 0.29) is 24.2 Å². The molecule has 126 valence electrons. The van der Waals surface area contributed by atoms with E-state index in [0.717, 1.165) is 19.4 Å². The maximum absolute atomic E-state index is 13.2. The van der Waals surface area contributed by atoms with Crippen LogP contribution in [-0.4, -0.2) is 35.7 Å². The fourth-order valence-corrected chi connectivity index (χ4v) is 3.08. The van der Waals surface area contributed by atoms with E-state index in [1.165, 1.54) is 18.2 Å². The lowest BCUT2D eigenvalue weighted by atomic mass is 9.91. The van der Waals surface area contributed by atoms with Gasteiger partial charge in [-0.15, -0.1) is 0 Å². The molecule has 2 N–H and O–H groups in total. The Bertz CT molecular complexity index is 574. The lowest BCUT2D eigenvalue weighted by Crippen LogP contribution is -2.45. The van der Waals surface area contributed by atoms with Gasteiger partial charge in [-0.1, -0.05) is 19.1 Å². The number of likely N-dealkylation sites (tertiary alicyclic amines) is 1. The number of halogens is 1. The van der Waals surface area contributed by atoms with Crippen molar-refractivity contribution in [2.24, 2.45) is 17.6 Å². The summed E-state index contributed by atoms with van der Waals surface area (Å²) in [6.07, 6.45) is 2.14. The molecule has 1 fully saturated rings. The highest BCUT2D eigenvalue weighted by atomic mass is 19.1. The summed E-state index contributed by atoms with van der Waals surface area (Å²) in [5.41, 5.74) is 6.26. The van der Waals surface area contributed by atoms with Gasteiger partial charge >= 0.3 is 0 Å². The van der Waals surface area contributed by atoms with E-state index in [1.807, 2.05) is 11.8 Å². The number of amides is 1. The van der Waals surface area contributed by atoms with Crippen molar-refractivity contribution in [1.29, 1.82) is 0 Å². The van der Waals surface area contributed by atoms with Gasteiger partial charge in [0.2, 0.25) is 5.91 Å². The van der Waals surface area contributed by atoms with Gasteiger partial charge in [-0.3, -0.25) is 9.59 Å². The van der Waals surface area contributed by atoms with Crippen LogP contribution in [-0.2, 0) is 4.79 Å². The van der Waals surface area contributed by atoms with Gasteiger partial charge < -0.3 is 10.6 Å². The predicted molar refractivity (Wildman–Crippen MR) is 87.5 cm³/mol. The second-order valence-electron chi connectivity index (χ2n) is 6.58. The first-order valence-corrected chi connectivity index (χ1v) is 8.21. The van der Waals surface area contributed by atoms with Gasteiger partial charge in [0.05, 0.1) is 0 Å². The summed E-state index contributed by atoms with van der Waals surface area (Å²) in [7, 11) is 0. The van der Waals surface area contributed by atoms with Crippen LogP contribution in [0.1, 0.15) is 43.5 Å². The average Bonchev–Trinajstić information content (AvgIpc) is 2.54. The molecular formula is C18H25FN2O2. The first-order valence-electron chi connectivity index (χ1n) is 8.21. The molecule has 1 aliphatic rings. The summed E-state index contributed by atoms with van der Waals surface area (Å²) in [6.45, 7) is 5.08. The Labute approximate surface area is 136 Å². The quantitative estimate of drug-likeness (QED) is 0.848. The molecule has 1 aromatic carbocycles. The maximum Gasteiger partial charge on any atom is 0.223 e. The third-order valence-corrected chi connectivity index (χ3v) is 4.59. The number of nitrogens with two attached hydrogens (primary N) is 1. The van der Waals surface area contributed by atoms with Crippen LogP contribution in [0.3, 0.4) is 0 Å². The van der Waals surface area contributed by atoms with Crippen LogP contribution >= 0.6 is 0 Å². The first-order chi connectivity index (χ1) is 10.9. The van der Waals surface area contributed by atoms with E-state index in [9.17, 15) is 14.0 Å². The zero-order valence-corrected chi connectivity index (χ0v) is 13.8. The fourth-order valence-electron chi connectivity index (χ4n) is 3.08. The maximum atomic E-state index is 13.2. The molecule has 1 aliphatic heterocycles. The Hall–Kier alpha value is -1.75. The summed E-state index contributed by atoms with van der Waals surface area (Å²) < 4.78 is 13.2. The molecule has 23 heavy (non-hydrogen) atoms. The SMILES string of the molecule is CC(CC(=O)N1CCCC(C(C)N)C1)C(=O)c1cccc(F)c1. The number of carbonyl (C=O) groups is 2. The first kappa shape index (κ1) is 17.6. The van der Waals surface area contributed by atoms with Gasteiger partial charge in [-0.05, 0) is 37.8 Å². The smallest absolute Gasteiger partial charge is 0.223 e. The normalized spacial score (nSPS) is 20.9. The number of rotatable bonds is 5. The van der Waals surface area contributed by atoms with Crippen molar-refractivity contribution in [2.45, 2.75) is 39.2 Å². The van der Waals surface area contributed by atoms with Crippen molar-refractivity contribution in [3.8, 4) is 0 Å². The van der Waals surface area contributed by atoms with Crippen LogP contribution in [0.2, 0.25) is 0 Å². The van der Waals surface area contributed by atoms with E-state index in [1.54, 1.807) is 13.0 Å². The standard InChI is InChI=1S/C18H25FN2O2/c1-12(18(23)14-5-3-7-16(19)10-14)9-17(22)21-8-4-6-15(11-21)13(2)20/h3,5,7,10,12-13,15H,4,6,8-9,11,20H2,1-2H3. The molecule has 2 rings (SSSR count). The fraction of sp³-hybridized carbons (Fsp3) is 0.556. The second kappa shape index (κ2) is 7.68. The molecule has 1 saturated heterocycles. The number of nitrogens with zero attached hydrogens (tertiary/aromatic N) is 1. The predicted octanol–water partition coefficient (Wildman–Crippen LogP) is 2.62. The summed E-state index contributed by atoms with van der Waals surface area (Å²) in [5.74, 6) is -0.793. The summed E-state index contributed by atoms with van der Waals surface area (Å²) in [5, 5.41) is 0. The molecule has 0 bridgehead atoms. The van der Waals surface area contributed by atoms with Crippen molar-refractivity contribution in [2.75, 3.05) is 13.1 Å². The number of hydrogen-bond acceptors (Lipinski definition) is 3. The van der Waals surface area contributed by atoms with Gasteiger partial charge in [0.25, 0.3) is 0 Å². The molecular weight excluding hydrogens is 295 g/mol. The average molecular weight is 320 g/mol. The zero-order chi connectivity index (χ0) is 17.0. The minimum atomic E-state index is -0.458. The van der Waals surface area contributed by atoms with Crippen LogP contribution < -0.4 is 5.73 Å². The Morgan fingerprint density at radius 2 is 2.13 bits per heavy atom. The number of hydrogen-bond donors (Lipinski definition) is 1. The van der Waals surface area contributed by atoms with E-state index < -0.39 is 11.7 Å². The lowest BCUT2D eigenvalue weighted by molar-refractivity contribution is -0.133. The Kier molecular flexibility index (Phi) is 5.88. The van der Waals surface area contributed by atoms with Crippen molar-refractivity contribution in [1.82, 2.24) is 4.90 Å². The number of Topliss-reactive ketones (excluding diaryl/α,β-unsaturated/α-hetero) is 1. The molecule has 0 radical (unpaired) electrons. The van der Waals surface area contributed by atoms with Crippen LogP contribution in [0.4, 0.5) is 4.39 Å². The van der Waals surface area contributed by atoms with Gasteiger partial charge in [0, 0.05) is 37.0 Å². The van der Waals surface area contributed by atoms with Gasteiger partial charge in [0.15, 0.2) is 5.78 Å². The van der Waals surface area contributed by atoms with E-state index in [2.05, 4.69) is 0 Å². The topological polar surface area (TPSA) is 63.4 Å². The van der Waals surface area contributed by atoms with Crippen molar-refractivity contribution < 1.29 is 14.0 Å². The minimum Gasteiger partial charge on any atom is -0.342 e. The number of piperidine rings is 1. The third kappa shape index (κ3) is 4.61.